The molecular formula is C20H22IN7O2S. The minimum Gasteiger partial charge on any atom is -0.444 e. The number of carbonyl (C=O) groups excluding carboxylic acids is 1. The van der Waals surface area contributed by atoms with Crippen molar-refractivity contribution < 1.29 is 9.53 Å². The van der Waals surface area contributed by atoms with Crippen LogP contribution in [0.5, 0.6) is 0 Å². The van der Waals surface area contributed by atoms with E-state index in [2.05, 4.69) is 55.4 Å². The maximum Gasteiger partial charge on any atom is 0.410 e. The summed E-state index contributed by atoms with van der Waals surface area (Å²) < 4.78 is 8.43. The molecule has 1 amide bonds. The fourth-order valence-corrected chi connectivity index (χ4v) is 5.01. The van der Waals surface area contributed by atoms with Crippen LogP contribution in [-0.2, 0) is 4.74 Å². The number of nitriles is 1. The van der Waals surface area contributed by atoms with Crippen molar-refractivity contribution in [3.05, 3.63) is 27.2 Å². The number of thiazole rings is 1. The Morgan fingerprint density at radius 2 is 2.10 bits per heavy atom. The summed E-state index contributed by atoms with van der Waals surface area (Å²) in [5.41, 5.74) is 0.228. The van der Waals surface area contributed by atoms with Crippen LogP contribution in [0.3, 0.4) is 0 Å². The molecule has 1 fully saturated rings. The number of piperazine rings is 1. The van der Waals surface area contributed by atoms with Gasteiger partial charge < -0.3 is 14.5 Å². The minimum absolute atomic E-state index is 0.0589. The van der Waals surface area contributed by atoms with Gasteiger partial charge in [0.2, 0.25) is 0 Å². The lowest BCUT2D eigenvalue weighted by Gasteiger charge is -2.41. The average Bonchev–Trinajstić information content (AvgIpc) is 3.31. The number of halogens is 1. The van der Waals surface area contributed by atoms with Gasteiger partial charge in [0.05, 0.1) is 11.6 Å². The molecule has 0 radical (unpaired) electrons. The zero-order valence-electron chi connectivity index (χ0n) is 17.7. The smallest absolute Gasteiger partial charge is 0.410 e. The number of carbonyl (C=O) groups is 1. The van der Waals surface area contributed by atoms with Gasteiger partial charge in [0.15, 0.2) is 10.8 Å². The van der Waals surface area contributed by atoms with Crippen molar-refractivity contribution in [3.63, 3.8) is 0 Å². The van der Waals surface area contributed by atoms with Crippen LogP contribution in [0.25, 0.3) is 16.2 Å². The molecular weight excluding hydrogens is 529 g/mol. The Morgan fingerprint density at radius 3 is 2.74 bits per heavy atom. The molecule has 4 rings (SSSR count). The van der Waals surface area contributed by atoms with Gasteiger partial charge in [0, 0.05) is 35.4 Å². The summed E-state index contributed by atoms with van der Waals surface area (Å²) in [5.74, 6) is 0.835. The van der Waals surface area contributed by atoms with Gasteiger partial charge in [-0.05, 0) is 50.3 Å². The van der Waals surface area contributed by atoms with Crippen LogP contribution in [0.4, 0.5) is 10.6 Å². The summed E-state index contributed by atoms with van der Waals surface area (Å²) >= 11 is 3.60. The number of hydrogen-bond donors (Lipinski definition) is 0. The van der Waals surface area contributed by atoms with Gasteiger partial charge in [-0.3, -0.25) is 4.57 Å². The van der Waals surface area contributed by atoms with Crippen LogP contribution >= 0.6 is 33.9 Å². The number of nitrogens with zero attached hydrogens (tertiary/aromatic N) is 7. The van der Waals surface area contributed by atoms with E-state index in [-0.39, 0.29) is 12.1 Å². The molecule has 0 spiro atoms. The van der Waals surface area contributed by atoms with E-state index in [0.717, 1.165) is 20.4 Å². The molecule has 0 unspecified atom stereocenters. The number of amides is 1. The van der Waals surface area contributed by atoms with Crippen molar-refractivity contribution in [1.82, 2.24) is 24.4 Å². The van der Waals surface area contributed by atoms with Crippen LogP contribution in [-0.4, -0.2) is 61.8 Å². The first kappa shape index (κ1) is 21.8. The highest BCUT2D eigenvalue weighted by Crippen LogP contribution is 2.33. The Bertz CT molecular complexity index is 1180. The van der Waals surface area contributed by atoms with Crippen LogP contribution in [0, 0.1) is 14.9 Å². The number of anilines is 1. The highest BCUT2D eigenvalue weighted by atomic mass is 127. The number of aromatic nitrogens is 4. The SMILES string of the molecule is C[C@H]1CN(C(=O)OC(C)(C)C)CCN1c1ncnc2c1c(I)cn2-c1ncc(C#N)s1. The summed E-state index contributed by atoms with van der Waals surface area (Å²) in [6.07, 6.45) is 4.80. The van der Waals surface area contributed by atoms with E-state index in [1.54, 1.807) is 17.4 Å². The van der Waals surface area contributed by atoms with Crippen molar-refractivity contribution in [2.45, 2.75) is 39.3 Å². The lowest BCUT2D eigenvalue weighted by Crippen LogP contribution is -2.54. The highest BCUT2D eigenvalue weighted by Gasteiger charge is 2.32. The molecule has 0 bridgehead atoms. The van der Waals surface area contributed by atoms with E-state index in [4.69, 9.17) is 10.00 Å². The molecule has 0 aliphatic carbocycles. The van der Waals surface area contributed by atoms with E-state index in [0.29, 0.717) is 29.6 Å². The summed E-state index contributed by atoms with van der Waals surface area (Å²) in [6, 6.07) is 2.18. The monoisotopic (exact) mass is 551 g/mol. The number of rotatable bonds is 2. The number of fused-ring (bicyclic) bond motifs is 1. The molecule has 11 heteroatoms. The van der Waals surface area contributed by atoms with Crippen LogP contribution in [0.2, 0.25) is 0 Å². The number of ether oxygens (including phenoxy) is 1. The Kier molecular flexibility index (Phi) is 5.78. The molecule has 3 aromatic rings. The van der Waals surface area contributed by atoms with Crippen molar-refractivity contribution in [3.8, 4) is 11.2 Å². The lowest BCUT2D eigenvalue weighted by atomic mass is 10.1. The lowest BCUT2D eigenvalue weighted by molar-refractivity contribution is 0.0218. The first-order valence-electron chi connectivity index (χ1n) is 9.80. The summed E-state index contributed by atoms with van der Waals surface area (Å²) in [4.78, 5) is 30.4. The first-order chi connectivity index (χ1) is 14.7. The maximum absolute atomic E-state index is 12.5. The van der Waals surface area contributed by atoms with Crippen molar-refractivity contribution in [2.75, 3.05) is 24.5 Å². The zero-order valence-corrected chi connectivity index (χ0v) is 20.6. The second-order valence-electron chi connectivity index (χ2n) is 8.33. The Morgan fingerprint density at radius 1 is 1.32 bits per heavy atom. The topological polar surface area (TPSA) is 100 Å². The van der Waals surface area contributed by atoms with Gasteiger partial charge in [0.25, 0.3) is 0 Å². The summed E-state index contributed by atoms with van der Waals surface area (Å²) in [6.45, 7) is 9.44. The third-order valence-corrected chi connectivity index (χ3v) is 6.60. The minimum atomic E-state index is -0.517. The van der Waals surface area contributed by atoms with E-state index in [1.165, 1.54) is 11.3 Å². The molecule has 9 nitrogen and oxygen atoms in total. The summed E-state index contributed by atoms with van der Waals surface area (Å²) in [7, 11) is 0. The Labute approximate surface area is 197 Å². The van der Waals surface area contributed by atoms with E-state index in [1.807, 2.05) is 31.5 Å². The molecule has 3 aromatic heterocycles. The second kappa shape index (κ2) is 8.23. The van der Waals surface area contributed by atoms with Gasteiger partial charge >= 0.3 is 6.09 Å². The third kappa shape index (κ3) is 4.31. The molecule has 0 aromatic carbocycles. The van der Waals surface area contributed by atoms with Crippen LogP contribution in [0.1, 0.15) is 32.6 Å². The van der Waals surface area contributed by atoms with Crippen LogP contribution in [0.15, 0.2) is 18.7 Å². The van der Waals surface area contributed by atoms with Crippen LogP contribution < -0.4 is 4.90 Å². The first-order valence-corrected chi connectivity index (χ1v) is 11.7. The molecule has 1 aliphatic heterocycles. The van der Waals surface area contributed by atoms with Gasteiger partial charge in [-0.15, -0.1) is 0 Å². The third-order valence-electron chi connectivity index (χ3n) is 4.88. The quantitative estimate of drug-likeness (QED) is 0.447. The standard InChI is InChI=1S/C20H22IN7O2S/c1-12-9-26(19(29)30-20(2,3)4)5-6-27(12)16-15-14(21)10-28(17(15)25-11-24-16)18-23-8-13(7-22)31-18/h8,10-12H,5-6,9H2,1-4H3/t12-/m0/s1. The average molecular weight is 551 g/mol. The summed E-state index contributed by atoms with van der Waals surface area (Å²) in [5, 5.41) is 10.8. The Balaban J connectivity index is 1.64. The van der Waals surface area contributed by atoms with E-state index in [9.17, 15) is 4.79 Å². The molecule has 0 saturated carbocycles. The zero-order chi connectivity index (χ0) is 22.3. The molecule has 1 aliphatic rings. The maximum atomic E-state index is 12.5. The normalized spacial score (nSPS) is 17.1. The largest absolute Gasteiger partial charge is 0.444 e. The fraction of sp³-hybridized carbons (Fsp3) is 0.450. The van der Waals surface area contributed by atoms with Crippen molar-refractivity contribution >= 4 is 56.9 Å². The Hall–Kier alpha value is -2.46. The fourth-order valence-electron chi connectivity index (χ4n) is 3.56. The predicted octanol–water partition coefficient (Wildman–Crippen LogP) is 3.80. The van der Waals surface area contributed by atoms with Crippen molar-refractivity contribution in [1.29, 1.82) is 5.26 Å². The molecule has 31 heavy (non-hydrogen) atoms. The van der Waals surface area contributed by atoms with Crippen molar-refractivity contribution in [2.24, 2.45) is 0 Å². The van der Waals surface area contributed by atoms with Gasteiger partial charge in [-0.2, -0.15) is 5.26 Å². The molecule has 4 heterocycles. The molecule has 162 valence electrons. The second-order valence-corrected chi connectivity index (χ2v) is 10.5. The molecule has 1 saturated heterocycles. The number of hydrogen-bond acceptors (Lipinski definition) is 8. The predicted molar refractivity (Wildman–Crippen MR) is 127 cm³/mol. The van der Waals surface area contributed by atoms with Gasteiger partial charge in [-0.1, -0.05) is 11.3 Å². The van der Waals surface area contributed by atoms with E-state index < -0.39 is 5.60 Å². The van der Waals surface area contributed by atoms with E-state index >= 15 is 0 Å². The molecule has 0 N–H and O–H groups in total. The van der Waals surface area contributed by atoms with Gasteiger partial charge in [-0.25, -0.2) is 19.7 Å². The molecule has 1 atom stereocenters. The van der Waals surface area contributed by atoms with Gasteiger partial charge in [0.1, 0.15) is 28.7 Å². The highest BCUT2D eigenvalue weighted by molar-refractivity contribution is 14.1.